The topological polar surface area (TPSA) is 96.6 Å². The van der Waals surface area contributed by atoms with Crippen molar-refractivity contribution in [1.82, 2.24) is 19.3 Å². The zero-order valence-corrected chi connectivity index (χ0v) is 19.9. The number of carbonyl (C=O) groups excluding carboxylic acids is 1. The van der Waals surface area contributed by atoms with Crippen LogP contribution in [0.1, 0.15) is 42.4 Å². The molecule has 1 amide bonds. The number of hydrogen-bond donors (Lipinski definition) is 0. The average molecular weight is 487 g/mol. The van der Waals surface area contributed by atoms with E-state index in [1.54, 1.807) is 35.6 Å². The van der Waals surface area contributed by atoms with Crippen LogP contribution in [0, 0.1) is 0 Å². The highest BCUT2D eigenvalue weighted by molar-refractivity contribution is 7.89. The zero-order chi connectivity index (χ0) is 22.8. The second-order valence-electron chi connectivity index (χ2n) is 8.53. The summed E-state index contributed by atoms with van der Waals surface area (Å²) >= 11 is 1.59. The first-order valence-electron chi connectivity index (χ1n) is 11.2. The summed E-state index contributed by atoms with van der Waals surface area (Å²) in [6.07, 6.45) is 4.01. The zero-order valence-electron chi connectivity index (χ0n) is 18.2. The number of hydrogen-bond acceptors (Lipinski definition) is 7. The molecule has 33 heavy (non-hydrogen) atoms. The van der Waals surface area contributed by atoms with Gasteiger partial charge in [-0.15, -0.1) is 11.3 Å². The maximum atomic E-state index is 12.7. The summed E-state index contributed by atoms with van der Waals surface area (Å²) in [4.78, 5) is 20.5. The van der Waals surface area contributed by atoms with Crippen LogP contribution in [0.5, 0.6) is 0 Å². The van der Waals surface area contributed by atoms with Crippen LogP contribution in [0.4, 0.5) is 0 Å². The van der Waals surface area contributed by atoms with Crippen LogP contribution in [0.3, 0.4) is 0 Å². The van der Waals surface area contributed by atoms with Gasteiger partial charge in [0.25, 0.3) is 0 Å². The lowest BCUT2D eigenvalue weighted by atomic mass is 9.97. The van der Waals surface area contributed by atoms with E-state index in [-0.39, 0.29) is 16.7 Å². The van der Waals surface area contributed by atoms with Crippen molar-refractivity contribution in [2.75, 3.05) is 26.2 Å². The Kier molecular flexibility index (Phi) is 6.31. The number of sulfonamides is 1. The van der Waals surface area contributed by atoms with Crippen molar-refractivity contribution in [2.45, 2.75) is 42.9 Å². The summed E-state index contributed by atoms with van der Waals surface area (Å²) in [6.45, 7) is 2.46. The predicted octanol–water partition coefficient (Wildman–Crippen LogP) is 3.53. The Morgan fingerprint density at radius 2 is 1.88 bits per heavy atom. The highest BCUT2D eigenvalue weighted by Gasteiger charge is 2.30. The normalized spacial score (nSPS) is 19.8. The molecule has 10 heteroatoms. The molecule has 174 valence electrons. The van der Waals surface area contributed by atoms with Gasteiger partial charge in [0.2, 0.25) is 27.6 Å². The fourth-order valence-electron chi connectivity index (χ4n) is 4.45. The van der Waals surface area contributed by atoms with E-state index in [0.717, 1.165) is 37.1 Å². The van der Waals surface area contributed by atoms with Crippen molar-refractivity contribution in [3.63, 3.8) is 0 Å². The molecular weight excluding hydrogens is 460 g/mol. The fourth-order valence-corrected chi connectivity index (χ4v) is 6.66. The van der Waals surface area contributed by atoms with Gasteiger partial charge in [0.15, 0.2) is 0 Å². The molecule has 2 aliphatic heterocycles. The largest absolute Gasteiger partial charge is 0.342 e. The number of amides is 1. The maximum Gasteiger partial charge on any atom is 0.243 e. The summed E-state index contributed by atoms with van der Waals surface area (Å²) in [7, 11) is -3.45. The molecule has 0 saturated carbocycles. The van der Waals surface area contributed by atoms with Crippen molar-refractivity contribution in [2.24, 2.45) is 0 Å². The van der Waals surface area contributed by atoms with E-state index in [4.69, 9.17) is 4.52 Å². The molecule has 0 aliphatic carbocycles. The molecule has 2 fully saturated rings. The molecule has 0 spiro atoms. The van der Waals surface area contributed by atoms with Gasteiger partial charge in [-0.3, -0.25) is 4.79 Å². The minimum atomic E-state index is -3.45. The van der Waals surface area contributed by atoms with Crippen molar-refractivity contribution in [1.29, 1.82) is 0 Å². The Labute approximate surface area is 197 Å². The smallest absolute Gasteiger partial charge is 0.243 e. The first kappa shape index (κ1) is 22.2. The van der Waals surface area contributed by atoms with Gasteiger partial charge in [0, 0.05) is 36.6 Å². The molecule has 5 rings (SSSR count). The standard InChI is InChI=1S/C23H26N4O4S2/c28-21(15-19-6-4-14-32-19)26-11-3-5-18(16-26)23-24-22(25-31-23)17-7-9-20(10-8-17)33(29,30)27-12-1-2-13-27/h4,6-10,14,18H,1-3,5,11-13,15-16H2/t18-/m0/s1. The number of benzene rings is 1. The number of likely N-dealkylation sites (tertiary alicyclic amines) is 1. The molecule has 2 aliphatic rings. The number of piperidine rings is 1. The Morgan fingerprint density at radius 1 is 1.09 bits per heavy atom. The van der Waals surface area contributed by atoms with Crippen LogP contribution in [0.2, 0.25) is 0 Å². The quantitative estimate of drug-likeness (QED) is 0.529. The van der Waals surface area contributed by atoms with Gasteiger partial charge in [-0.1, -0.05) is 11.2 Å². The van der Waals surface area contributed by atoms with Crippen molar-refractivity contribution in [3.05, 3.63) is 52.5 Å². The van der Waals surface area contributed by atoms with Crippen LogP contribution in [0.25, 0.3) is 11.4 Å². The highest BCUT2D eigenvalue weighted by atomic mass is 32.2. The second kappa shape index (κ2) is 9.36. The number of carbonyl (C=O) groups is 1. The Bertz CT molecular complexity index is 1200. The summed E-state index contributed by atoms with van der Waals surface area (Å²) in [5.74, 6) is 1.07. The summed E-state index contributed by atoms with van der Waals surface area (Å²) in [6, 6.07) is 10.6. The molecule has 0 unspecified atom stereocenters. The van der Waals surface area contributed by atoms with Gasteiger partial charge in [-0.25, -0.2) is 8.42 Å². The van der Waals surface area contributed by atoms with Crippen molar-refractivity contribution >= 4 is 27.3 Å². The lowest BCUT2D eigenvalue weighted by molar-refractivity contribution is -0.131. The summed E-state index contributed by atoms with van der Waals surface area (Å²) in [5, 5.41) is 6.10. The minimum absolute atomic E-state index is 0.00195. The van der Waals surface area contributed by atoms with E-state index in [1.165, 1.54) is 4.31 Å². The van der Waals surface area contributed by atoms with Crippen LogP contribution in [-0.4, -0.2) is 59.8 Å². The second-order valence-corrected chi connectivity index (χ2v) is 11.5. The SMILES string of the molecule is O=C(Cc1cccs1)N1CCC[C@H](c2nc(-c3ccc(S(=O)(=O)N4CCCC4)cc3)no2)C1. The molecule has 2 saturated heterocycles. The molecule has 0 bridgehead atoms. The number of nitrogens with zero attached hydrogens (tertiary/aromatic N) is 4. The van der Waals surface area contributed by atoms with E-state index >= 15 is 0 Å². The van der Waals surface area contributed by atoms with Crippen molar-refractivity contribution in [3.8, 4) is 11.4 Å². The lowest BCUT2D eigenvalue weighted by Gasteiger charge is -2.31. The van der Waals surface area contributed by atoms with Gasteiger partial charge in [-0.2, -0.15) is 9.29 Å². The van der Waals surface area contributed by atoms with E-state index in [9.17, 15) is 13.2 Å². The van der Waals surface area contributed by atoms with Gasteiger partial charge >= 0.3 is 0 Å². The van der Waals surface area contributed by atoms with E-state index in [2.05, 4.69) is 10.1 Å². The minimum Gasteiger partial charge on any atom is -0.342 e. The molecule has 1 aromatic carbocycles. The van der Waals surface area contributed by atoms with Crippen LogP contribution in [-0.2, 0) is 21.2 Å². The van der Waals surface area contributed by atoms with E-state index in [0.29, 0.717) is 43.3 Å². The Hall–Kier alpha value is -2.56. The molecule has 3 aromatic rings. The molecule has 8 nitrogen and oxygen atoms in total. The third kappa shape index (κ3) is 4.73. The van der Waals surface area contributed by atoms with Gasteiger partial charge in [0.05, 0.1) is 17.2 Å². The molecule has 0 radical (unpaired) electrons. The van der Waals surface area contributed by atoms with Gasteiger partial charge in [0.1, 0.15) is 0 Å². The third-order valence-electron chi connectivity index (χ3n) is 6.29. The molecule has 2 aromatic heterocycles. The monoisotopic (exact) mass is 486 g/mol. The highest BCUT2D eigenvalue weighted by Crippen LogP contribution is 2.29. The maximum absolute atomic E-state index is 12.7. The molecule has 0 N–H and O–H groups in total. The fraction of sp³-hybridized carbons (Fsp3) is 0.435. The van der Waals surface area contributed by atoms with E-state index < -0.39 is 10.0 Å². The van der Waals surface area contributed by atoms with Crippen LogP contribution >= 0.6 is 11.3 Å². The first-order valence-corrected chi connectivity index (χ1v) is 13.6. The number of aromatic nitrogens is 2. The van der Waals surface area contributed by atoms with Crippen LogP contribution < -0.4 is 0 Å². The molecular formula is C23H26N4O4S2. The van der Waals surface area contributed by atoms with E-state index in [1.807, 2.05) is 22.4 Å². The summed E-state index contributed by atoms with van der Waals surface area (Å²) in [5.41, 5.74) is 0.701. The van der Waals surface area contributed by atoms with Crippen molar-refractivity contribution < 1.29 is 17.7 Å². The van der Waals surface area contributed by atoms with Gasteiger partial charge < -0.3 is 9.42 Å². The summed E-state index contributed by atoms with van der Waals surface area (Å²) < 4.78 is 32.5. The van der Waals surface area contributed by atoms with Crippen LogP contribution in [0.15, 0.2) is 51.2 Å². The number of rotatable bonds is 6. The molecule has 1 atom stereocenters. The lowest BCUT2D eigenvalue weighted by Crippen LogP contribution is -2.39. The Balaban J connectivity index is 1.26. The van der Waals surface area contributed by atoms with Gasteiger partial charge in [-0.05, 0) is 61.4 Å². The average Bonchev–Trinajstić information content (AvgIpc) is 3.62. The predicted molar refractivity (Wildman–Crippen MR) is 124 cm³/mol. The number of thiophene rings is 1. The third-order valence-corrected chi connectivity index (χ3v) is 9.08. The Morgan fingerprint density at radius 3 is 2.61 bits per heavy atom. The first-order chi connectivity index (χ1) is 16.0. The molecule has 4 heterocycles.